The summed E-state index contributed by atoms with van der Waals surface area (Å²) < 4.78 is 36.9. The predicted molar refractivity (Wildman–Crippen MR) is 52.4 cm³/mol. The van der Waals surface area contributed by atoms with Crippen molar-refractivity contribution in [1.82, 2.24) is 9.80 Å². The van der Waals surface area contributed by atoms with Gasteiger partial charge in [0, 0.05) is 20.1 Å². The minimum absolute atomic E-state index is 0.256. The molecule has 1 rings (SSSR count). The Bertz CT molecular complexity index is 267. The van der Waals surface area contributed by atoms with Crippen LogP contribution in [-0.2, 0) is 4.79 Å². The van der Waals surface area contributed by atoms with Gasteiger partial charge >= 0.3 is 6.98 Å². The first kappa shape index (κ1) is 12.4. The second-order valence-electron chi connectivity index (χ2n) is 4.44. The standard InChI is InChI=1S/C8H15BF3N2O/c1-8(2)7(15)13(3)4-5-14(8)6-9(10,11)12/h4-6H2,1-3H3/q-1. The summed E-state index contributed by atoms with van der Waals surface area (Å²) >= 11 is 0. The molecule has 0 unspecified atom stereocenters. The van der Waals surface area contributed by atoms with Gasteiger partial charge in [0.05, 0.1) is 5.54 Å². The lowest BCUT2D eigenvalue weighted by Crippen LogP contribution is -2.64. The fraction of sp³-hybridized carbons (Fsp3) is 0.875. The van der Waals surface area contributed by atoms with Crippen molar-refractivity contribution in [2.45, 2.75) is 19.4 Å². The number of carbonyl (C=O) groups excluding carboxylic acids is 1. The predicted octanol–water partition coefficient (Wildman–Crippen LogP) is 0.926. The monoisotopic (exact) mass is 223 g/mol. The van der Waals surface area contributed by atoms with Crippen molar-refractivity contribution in [3.8, 4) is 0 Å². The van der Waals surface area contributed by atoms with E-state index >= 15 is 0 Å². The minimum atomic E-state index is -4.87. The average molecular weight is 223 g/mol. The molecular formula is C8H15BF3N2O-. The number of rotatable bonds is 2. The van der Waals surface area contributed by atoms with Gasteiger partial charge in [-0.1, -0.05) is 0 Å². The van der Waals surface area contributed by atoms with Crippen LogP contribution in [0.5, 0.6) is 0 Å². The highest BCUT2D eigenvalue weighted by atomic mass is 19.4. The third kappa shape index (κ3) is 2.65. The van der Waals surface area contributed by atoms with Crippen LogP contribution in [0.15, 0.2) is 0 Å². The van der Waals surface area contributed by atoms with Crippen molar-refractivity contribution in [2.24, 2.45) is 0 Å². The zero-order valence-electron chi connectivity index (χ0n) is 9.14. The molecule has 0 radical (unpaired) electrons. The van der Waals surface area contributed by atoms with E-state index in [1.54, 1.807) is 7.05 Å². The Labute approximate surface area is 87.3 Å². The molecule has 0 N–H and O–H groups in total. The number of hydrogen-bond donors (Lipinski definition) is 0. The molecule has 0 bridgehead atoms. The van der Waals surface area contributed by atoms with Gasteiger partial charge in [-0.25, -0.2) is 0 Å². The lowest BCUT2D eigenvalue weighted by molar-refractivity contribution is -0.146. The number of likely N-dealkylation sites (N-methyl/N-ethyl adjacent to an activating group) is 1. The topological polar surface area (TPSA) is 23.6 Å². The molecule has 1 saturated heterocycles. The summed E-state index contributed by atoms with van der Waals surface area (Å²) in [6, 6.07) is 0. The van der Waals surface area contributed by atoms with E-state index < -0.39 is 19.0 Å². The fourth-order valence-corrected chi connectivity index (χ4v) is 1.82. The molecule has 0 saturated carbocycles. The molecule has 0 spiro atoms. The largest absolute Gasteiger partial charge is 0.492 e. The van der Waals surface area contributed by atoms with Crippen molar-refractivity contribution in [2.75, 3.05) is 26.6 Å². The maximum absolute atomic E-state index is 12.3. The van der Waals surface area contributed by atoms with E-state index in [1.807, 2.05) is 0 Å². The number of amides is 1. The van der Waals surface area contributed by atoms with Gasteiger partial charge in [-0.15, -0.1) is 0 Å². The molecule has 0 aromatic carbocycles. The summed E-state index contributed by atoms with van der Waals surface area (Å²) in [6.45, 7) is -1.18. The van der Waals surface area contributed by atoms with Gasteiger partial charge in [-0.05, 0) is 20.3 Å². The van der Waals surface area contributed by atoms with E-state index in [0.717, 1.165) is 0 Å². The molecule has 1 amide bonds. The molecule has 7 heteroatoms. The van der Waals surface area contributed by atoms with Crippen LogP contribution in [0.4, 0.5) is 12.9 Å². The van der Waals surface area contributed by atoms with E-state index in [1.165, 1.54) is 23.6 Å². The number of nitrogens with zero attached hydrogens (tertiary/aromatic N) is 2. The Morgan fingerprint density at radius 3 is 2.33 bits per heavy atom. The molecule has 1 heterocycles. The van der Waals surface area contributed by atoms with Crippen molar-refractivity contribution >= 4 is 12.9 Å². The number of halogens is 3. The summed E-state index contributed by atoms with van der Waals surface area (Å²) in [4.78, 5) is 14.3. The van der Waals surface area contributed by atoms with Crippen LogP contribution < -0.4 is 0 Å². The number of piperazine rings is 1. The first-order valence-corrected chi connectivity index (χ1v) is 4.86. The fourth-order valence-electron chi connectivity index (χ4n) is 1.82. The average Bonchev–Trinajstić information content (AvgIpc) is 2.05. The summed E-state index contributed by atoms with van der Waals surface area (Å²) in [7, 11) is 1.61. The highest BCUT2D eigenvalue weighted by Crippen LogP contribution is 2.24. The summed E-state index contributed by atoms with van der Waals surface area (Å²) in [5, 5.41) is 0. The molecule has 1 fully saturated rings. The normalized spacial score (nSPS) is 23.3. The quantitative estimate of drug-likeness (QED) is 0.650. The Morgan fingerprint density at radius 1 is 1.33 bits per heavy atom. The molecular weight excluding hydrogens is 208 g/mol. The van der Waals surface area contributed by atoms with Gasteiger partial charge in [0.15, 0.2) is 0 Å². The van der Waals surface area contributed by atoms with Gasteiger partial charge in [-0.2, -0.15) is 0 Å². The zero-order chi connectivity index (χ0) is 11.9. The molecule has 88 valence electrons. The van der Waals surface area contributed by atoms with Crippen LogP contribution in [0.1, 0.15) is 13.8 Å². The van der Waals surface area contributed by atoms with E-state index in [-0.39, 0.29) is 12.5 Å². The van der Waals surface area contributed by atoms with Crippen molar-refractivity contribution < 1.29 is 17.7 Å². The van der Waals surface area contributed by atoms with Crippen molar-refractivity contribution in [3.05, 3.63) is 0 Å². The zero-order valence-corrected chi connectivity index (χ0v) is 9.14. The molecule has 0 aromatic rings. The van der Waals surface area contributed by atoms with Crippen LogP contribution in [-0.4, -0.2) is 54.8 Å². The molecule has 0 atom stereocenters. The van der Waals surface area contributed by atoms with Crippen molar-refractivity contribution in [3.63, 3.8) is 0 Å². The summed E-state index contributed by atoms with van der Waals surface area (Å²) in [5.74, 6) is -0.256. The highest BCUT2D eigenvalue weighted by Gasteiger charge is 2.42. The lowest BCUT2D eigenvalue weighted by Gasteiger charge is -2.46. The van der Waals surface area contributed by atoms with Crippen molar-refractivity contribution in [1.29, 1.82) is 0 Å². The number of carbonyl (C=O) groups is 1. The minimum Gasteiger partial charge on any atom is -0.448 e. The molecule has 15 heavy (non-hydrogen) atoms. The third-order valence-electron chi connectivity index (χ3n) is 2.79. The van der Waals surface area contributed by atoms with Gasteiger partial charge in [-0.3, -0.25) is 4.79 Å². The van der Waals surface area contributed by atoms with Crippen LogP contribution in [0.2, 0.25) is 0 Å². The maximum Gasteiger partial charge on any atom is 0.492 e. The Morgan fingerprint density at radius 2 is 1.87 bits per heavy atom. The smallest absolute Gasteiger partial charge is 0.448 e. The van der Waals surface area contributed by atoms with Crippen LogP contribution in [0, 0.1) is 0 Å². The van der Waals surface area contributed by atoms with E-state index in [4.69, 9.17) is 0 Å². The lowest BCUT2D eigenvalue weighted by atomic mass is 9.86. The van der Waals surface area contributed by atoms with Gasteiger partial charge < -0.3 is 22.7 Å². The Balaban J connectivity index is 2.79. The van der Waals surface area contributed by atoms with E-state index in [0.29, 0.717) is 6.54 Å². The summed E-state index contributed by atoms with van der Waals surface area (Å²) in [5.41, 5.74) is -1.05. The van der Waals surface area contributed by atoms with Gasteiger partial charge in [0.25, 0.3) is 0 Å². The third-order valence-corrected chi connectivity index (χ3v) is 2.79. The Hall–Kier alpha value is -0.715. The van der Waals surface area contributed by atoms with E-state index in [2.05, 4.69) is 0 Å². The second kappa shape index (κ2) is 3.70. The SMILES string of the molecule is CN1CCN(C[B-](F)(F)F)C(C)(C)C1=O. The Kier molecular flexibility index (Phi) is 3.05. The van der Waals surface area contributed by atoms with Crippen LogP contribution in [0.3, 0.4) is 0 Å². The first-order chi connectivity index (χ1) is 6.64. The molecule has 0 aromatic heterocycles. The summed E-state index contributed by atoms with van der Waals surface area (Å²) in [6.07, 6.45) is -0.966. The number of hydrogen-bond acceptors (Lipinski definition) is 2. The van der Waals surface area contributed by atoms with Gasteiger partial charge in [0.2, 0.25) is 5.91 Å². The van der Waals surface area contributed by atoms with E-state index in [9.17, 15) is 17.7 Å². The molecule has 1 aliphatic heterocycles. The van der Waals surface area contributed by atoms with Crippen LogP contribution >= 0.6 is 0 Å². The first-order valence-electron chi connectivity index (χ1n) is 4.86. The molecule has 1 aliphatic rings. The molecule has 0 aliphatic carbocycles. The van der Waals surface area contributed by atoms with Gasteiger partial charge in [0.1, 0.15) is 0 Å². The molecule has 3 nitrogen and oxygen atoms in total. The second-order valence-corrected chi connectivity index (χ2v) is 4.44. The maximum atomic E-state index is 12.3. The highest BCUT2D eigenvalue weighted by molar-refractivity contribution is 6.58. The van der Waals surface area contributed by atoms with Crippen LogP contribution in [0.25, 0.3) is 0 Å².